The highest BCUT2D eigenvalue weighted by Gasteiger charge is 2.19. The molecule has 0 aliphatic carbocycles. The lowest BCUT2D eigenvalue weighted by Crippen LogP contribution is -2.00. The highest BCUT2D eigenvalue weighted by atomic mass is 15.0. The Balaban J connectivity index is 1.18. The first-order valence-electron chi connectivity index (χ1n) is 17.5. The summed E-state index contributed by atoms with van der Waals surface area (Å²) in [6, 6.07) is 58.0. The molecule has 6 nitrogen and oxygen atoms in total. The highest BCUT2D eigenvalue weighted by Crippen LogP contribution is 2.40. The van der Waals surface area contributed by atoms with Crippen LogP contribution < -0.4 is 0 Å². The van der Waals surface area contributed by atoms with Crippen LogP contribution in [0.15, 0.2) is 170 Å². The molecule has 0 atom stereocenters. The lowest BCUT2D eigenvalue weighted by Gasteiger charge is -2.14. The van der Waals surface area contributed by atoms with Crippen LogP contribution in [-0.4, -0.2) is 24.5 Å². The zero-order valence-electron chi connectivity index (χ0n) is 28.3. The fraction of sp³-hybridized carbons (Fsp3) is 0. The maximum Gasteiger partial charge on any atom is 0.164 e. The van der Waals surface area contributed by atoms with Gasteiger partial charge in [0, 0.05) is 39.0 Å². The second kappa shape index (κ2) is 12.4. The van der Waals surface area contributed by atoms with Gasteiger partial charge in [-0.15, -0.1) is 0 Å². The molecule has 0 amide bonds. The van der Waals surface area contributed by atoms with Gasteiger partial charge >= 0.3 is 0 Å². The number of pyridine rings is 1. The molecule has 0 bridgehead atoms. The minimum Gasteiger partial charge on any atom is -0.307 e. The average Bonchev–Trinajstić information content (AvgIpc) is 3.56. The predicted molar refractivity (Wildman–Crippen MR) is 213 cm³/mol. The van der Waals surface area contributed by atoms with E-state index in [-0.39, 0.29) is 0 Å². The molecular formula is C47H28N6. The third-order valence-corrected chi connectivity index (χ3v) is 9.92. The van der Waals surface area contributed by atoms with Crippen molar-refractivity contribution in [2.45, 2.75) is 0 Å². The van der Waals surface area contributed by atoms with Gasteiger partial charge in [-0.2, -0.15) is 5.26 Å². The SMILES string of the molecule is N#Cc1ccc2c(c1)c1cc(-c3ccc(-c4nc(-c5ccccc5)nc(-c5ccccc5)n4)c4ccccc34)ccc1n2-c1cccc2cccnc12. The lowest BCUT2D eigenvalue weighted by molar-refractivity contribution is 1.08. The second-order valence-electron chi connectivity index (χ2n) is 13.0. The number of para-hydroxylation sites is 1. The van der Waals surface area contributed by atoms with E-state index in [9.17, 15) is 5.26 Å². The Morgan fingerprint density at radius 3 is 1.77 bits per heavy atom. The molecule has 0 aliphatic rings. The summed E-state index contributed by atoms with van der Waals surface area (Å²) in [7, 11) is 0. The van der Waals surface area contributed by atoms with Crippen molar-refractivity contribution >= 4 is 43.5 Å². The smallest absolute Gasteiger partial charge is 0.164 e. The van der Waals surface area contributed by atoms with Crippen molar-refractivity contribution in [3.63, 3.8) is 0 Å². The molecule has 0 unspecified atom stereocenters. The maximum absolute atomic E-state index is 9.89. The number of fused-ring (bicyclic) bond motifs is 5. The second-order valence-corrected chi connectivity index (χ2v) is 13.0. The summed E-state index contributed by atoms with van der Waals surface area (Å²) in [6.45, 7) is 0. The van der Waals surface area contributed by atoms with Crippen molar-refractivity contribution in [1.29, 1.82) is 5.26 Å². The van der Waals surface area contributed by atoms with E-state index in [1.54, 1.807) is 0 Å². The van der Waals surface area contributed by atoms with Crippen LogP contribution in [-0.2, 0) is 0 Å². The zero-order valence-corrected chi connectivity index (χ0v) is 28.3. The summed E-state index contributed by atoms with van der Waals surface area (Å²) in [4.78, 5) is 19.8. The molecule has 6 heteroatoms. The zero-order chi connectivity index (χ0) is 35.3. The highest BCUT2D eigenvalue weighted by molar-refractivity contribution is 6.13. The quantitative estimate of drug-likeness (QED) is 0.181. The van der Waals surface area contributed by atoms with Gasteiger partial charge in [-0.05, 0) is 70.4 Å². The normalized spacial score (nSPS) is 11.4. The Morgan fingerprint density at radius 1 is 0.453 bits per heavy atom. The number of rotatable bonds is 5. The van der Waals surface area contributed by atoms with Crippen LogP contribution in [0.5, 0.6) is 0 Å². The molecule has 0 N–H and O–H groups in total. The topological polar surface area (TPSA) is 80.3 Å². The first-order valence-corrected chi connectivity index (χ1v) is 17.5. The molecule has 7 aromatic carbocycles. The Hall–Kier alpha value is -7.49. The van der Waals surface area contributed by atoms with Crippen molar-refractivity contribution in [3.05, 3.63) is 176 Å². The van der Waals surface area contributed by atoms with E-state index >= 15 is 0 Å². The largest absolute Gasteiger partial charge is 0.307 e. The third-order valence-electron chi connectivity index (χ3n) is 9.92. The number of hydrogen-bond acceptors (Lipinski definition) is 5. The fourth-order valence-electron chi connectivity index (χ4n) is 7.46. The van der Waals surface area contributed by atoms with Crippen LogP contribution in [0.4, 0.5) is 0 Å². The van der Waals surface area contributed by atoms with Crippen LogP contribution in [0.1, 0.15) is 5.56 Å². The molecule has 0 spiro atoms. The van der Waals surface area contributed by atoms with Crippen molar-refractivity contribution in [2.24, 2.45) is 0 Å². The standard InChI is InChI=1S/C47H28N6/c48-29-30-20-24-41-39(27-30)40-28-34(21-25-42(40)53(41)43-19-9-15-31-16-10-26-49-44(31)43)35-22-23-38(37-18-8-7-17-36(35)37)47-51-45(32-11-3-1-4-12-32)50-46(52-47)33-13-5-2-6-14-33/h1-28H. The number of aromatic nitrogens is 5. The third kappa shape index (κ3) is 5.11. The number of nitriles is 1. The first kappa shape index (κ1) is 30.3. The van der Waals surface area contributed by atoms with E-state index in [2.05, 4.69) is 89.5 Å². The number of hydrogen-bond donors (Lipinski definition) is 0. The Bertz CT molecular complexity index is 3010. The fourth-order valence-corrected chi connectivity index (χ4v) is 7.46. The maximum atomic E-state index is 9.89. The Kier molecular flexibility index (Phi) is 7.09. The molecule has 0 aliphatic heterocycles. The van der Waals surface area contributed by atoms with E-state index in [0.29, 0.717) is 23.0 Å². The van der Waals surface area contributed by atoms with E-state index in [1.165, 1.54) is 0 Å². The lowest BCUT2D eigenvalue weighted by atomic mass is 9.93. The van der Waals surface area contributed by atoms with Crippen molar-refractivity contribution in [1.82, 2.24) is 24.5 Å². The summed E-state index contributed by atoms with van der Waals surface area (Å²) in [5.74, 6) is 1.87. The molecule has 53 heavy (non-hydrogen) atoms. The minimum absolute atomic E-state index is 0.617. The van der Waals surface area contributed by atoms with Gasteiger partial charge in [0.05, 0.1) is 33.9 Å². The van der Waals surface area contributed by atoms with Gasteiger partial charge in [-0.25, -0.2) is 15.0 Å². The molecule has 3 aromatic heterocycles. The monoisotopic (exact) mass is 676 g/mol. The summed E-state index contributed by atoms with van der Waals surface area (Å²) < 4.78 is 2.27. The van der Waals surface area contributed by atoms with Crippen molar-refractivity contribution < 1.29 is 0 Å². The Labute approximate surface area is 304 Å². The summed E-state index contributed by atoms with van der Waals surface area (Å²) in [5, 5.41) is 15.2. The van der Waals surface area contributed by atoms with Crippen LogP contribution in [0.2, 0.25) is 0 Å². The molecule has 3 heterocycles. The van der Waals surface area contributed by atoms with Crippen molar-refractivity contribution in [2.75, 3.05) is 0 Å². The van der Waals surface area contributed by atoms with Gasteiger partial charge in [-0.3, -0.25) is 4.98 Å². The number of nitrogens with zero attached hydrogens (tertiary/aromatic N) is 6. The van der Waals surface area contributed by atoms with Gasteiger partial charge in [0.2, 0.25) is 0 Å². The van der Waals surface area contributed by atoms with Gasteiger partial charge in [0.15, 0.2) is 17.5 Å². The van der Waals surface area contributed by atoms with Gasteiger partial charge in [0.1, 0.15) is 0 Å². The molecule has 0 saturated heterocycles. The van der Waals surface area contributed by atoms with Crippen molar-refractivity contribution in [3.8, 4) is 57.0 Å². The van der Waals surface area contributed by atoms with E-state index in [0.717, 1.165) is 77.0 Å². The van der Waals surface area contributed by atoms with E-state index in [4.69, 9.17) is 19.9 Å². The molecule has 0 saturated carbocycles. The minimum atomic E-state index is 0.617. The van der Waals surface area contributed by atoms with Crippen LogP contribution in [0, 0.1) is 11.3 Å². The van der Waals surface area contributed by atoms with E-state index < -0.39 is 0 Å². The molecule has 0 radical (unpaired) electrons. The van der Waals surface area contributed by atoms with Crippen LogP contribution in [0.25, 0.3) is 94.5 Å². The molecule has 0 fully saturated rings. The molecule has 10 aromatic rings. The van der Waals surface area contributed by atoms with E-state index in [1.807, 2.05) is 91.1 Å². The average molecular weight is 677 g/mol. The summed E-state index contributed by atoms with van der Waals surface area (Å²) in [6.07, 6.45) is 1.84. The molecule has 10 rings (SSSR count). The predicted octanol–water partition coefficient (Wildman–Crippen LogP) is 11.2. The summed E-state index contributed by atoms with van der Waals surface area (Å²) in [5.41, 5.74) is 9.57. The summed E-state index contributed by atoms with van der Waals surface area (Å²) >= 11 is 0. The van der Waals surface area contributed by atoms with Crippen LogP contribution >= 0.6 is 0 Å². The van der Waals surface area contributed by atoms with Gasteiger partial charge in [-0.1, -0.05) is 115 Å². The first-order chi connectivity index (χ1) is 26.2. The molecular weight excluding hydrogens is 649 g/mol. The van der Waals surface area contributed by atoms with Gasteiger partial charge in [0.25, 0.3) is 0 Å². The number of benzene rings is 7. The molecule has 246 valence electrons. The Morgan fingerprint density at radius 2 is 1.06 bits per heavy atom. The van der Waals surface area contributed by atoms with Gasteiger partial charge < -0.3 is 4.57 Å². The van der Waals surface area contributed by atoms with Crippen LogP contribution in [0.3, 0.4) is 0 Å².